The van der Waals surface area contributed by atoms with Crippen LogP contribution in [0.4, 0.5) is 17.1 Å². The van der Waals surface area contributed by atoms with Gasteiger partial charge in [0.05, 0.1) is 22.4 Å². The first-order valence-electron chi connectivity index (χ1n) is 13.2. The molecule has 1 aliphatic heterocycles. The summed E-state index contributed by atoms with van der Waals surface area (Å²) in [6.45, 7) is 0. The van der Waals surface area contributed by atoms with Crippen molar-refractivity contribution < 1.29 is 4.74 Å². The summed E-state index contributed by atoms with van der Waals surface area (Å²) in [5.74, 6) is 1.72. The van der Waals surface area contributed by atoms with Gasteiger partial charge in [0, 0.05) is 28.2 Å². The molecule has 0 aliphatic carbocycles. The highest BCUT2D eigenvalue weighted by molar-refractivity contribution is 6.13. The molecule has 1 aromatic heterocycles. The number of para-hydroxylation sites is 4. The summed E-state index contributed by atoms with van der Waals surface area (Å²) in [5.41, 5.74) is 9.00. The van der Waals surface area contributed by atoms with Crippen LogP contribution in [0.2, 0.25) is 0 Å². The highest BCUT2D eigenvalue weighted by Gasteiger charge is 2.26. The number of hydrogen-bond donors (Lipinski definition) is 0. The van der Waals surface area contributed by atoms with E-state index in [4.69, 9.17) is 4.74 Å². The molecule has 0 amide bonds. The van der Waals surface area contributed by atoms with E-state index in [-0.39, 0.29) is 0 Å². The van der Waals surface area contributed by atoms with Gasteiger partial charge in [-0.2, -0.15) is 0 Å². The third-order valence-electron chi connectivity index (χ3n) is 7.55. The van der Waals surface area contributed by atoms with Gasteiger partial charge in [-0.15, -0.1) is 0 Å². The average molecular weight is 501 g/mol. The fourth-order valence-electron chi connectivity index (χ4n) is 5.81. The van der Waals surface area contributed by atoms with E-state index in [1.807, 2.05) is 12.1 Å². The molecule has 3 nitrogen and oxygen atoms in total. The lowest BCUT2D eigenvalue weighted by Gasteiger charge is -2.27. The van der Waals surface area contributed by atoms with Gasteiger partial charge >= 0.3 is 0 Å². The van der Waals surface area contributed by atoms with Gasteiger partial charge in [-0.1, -0.05) is 91.0 Å². The molecule has 0 spiro atoms. The van der Waals surface area contributed by atoms with Crippen LogP contribution >= 0.6 is 0 Å². The Morgan fingerprint density at radius 2 is 1.10 bits per heavy atom. The Morgan fingerprint density at radius 3 is 1.92 bits per heavy atom. The van der Waals surface area contributed by atoms with Gasteiger partial charge in [-0.25, -0.2) is 0 Å². The van der Waals surface area contributed by atoms with Gasteiger partial charge in [0.15, 0.2) is 11.5 Å². The molecule has 3 heteroatoms. The standard InChI is InChI=1S/C36H24N2O/c1-3-11-25(12-4-1)26-19-21-28(22-20-26)37(27-13-5-2-6-14-27)29-23-31-30-15-7-8-16-32(30)38-33-17-9-10-18-34(33)39-35(24-29)36(31)38/h1-24H. The second-order valence-corrected chi connectivity index (χ2v) is 9.85. The maximum atomic E-state index is 6.57. The normalized spacial score (nSPS) is 11.8. The molecular weight excluding hydrogens is 476 g/mol. The third-order valence-corrected chi connectivity index (χ3v) is 7.55. The van der Waals surface area contributed by atoms with Gasteiger partial charge in [0.1, 0.15) is 0 Å². The number of hydrogen-bond acceptors (Lipinski definition) is 2. The Hall–Kier alpha value is -5.28. The van der Waals surface area contributed by atoms with Gasteiger partial charge in [0.25, 0.3) is 0 Å². The van der Waals surface area contributed by atoms with Crippen LogP contribution in [-0.4, -0.2) is 4.57 Å². The van der Waals surface area contributed by atoms with Crippen LogP contribution in [0.3, 0.4) is 0 Å². The maximum Gasteiger partial charge on any atom is 0.154 e. The molecule has 0 N–H and O–H groups in total. The topological polar surface area (TPSA) is 17.4 Å². The molecule has 7 aromatic rings. The van der Waals surface area contributed by atoms with E-state index in [1.54, 1.807) is 0 Å². The van der Waals surface area contributed by atoms with Crippen molar-refractivity contribution in [2.75, 3.05) is 4.90 Å². The smallest absolute Gasteiger partial charge is 0.154 e. The fourth-order valence-corrected chi connectivity index (χ4v) is 5.81. The number of benzene rings is 6. The van der Waals surface area contributed by atoms with Crippen molar-refractivity contribution in [3.63, 3.8) is 0 Å². The number of fused-ring (bicyclic) bond motifs is 5. The van der Waals surface area contributed by atoms with Crippen molar-refractivity contribution in [3.05, 3.63) is 146 Å². The molecule has 184 valence electrons. The average Bonchev–Trinajstić information content (AvgIpc) is 3.34. The summed E-state index contributed by atoms with van der Waals surface area (Å²) < 4.78 is 8.91. The SMILES string of the molecule is c1ccc(-c2ccc(N(c3ccccc3)c3cc4c5c(c3)c3ccccc3n5-c3ccccc3O4)cc2)cc1. The van der Waals surface area contributed by atoms with Crippen LogP contribution in [0.1, 0.15) is 0 Å². The lowest BCUT2D eigenvalue weighted by molar-refractivity contribution is 0.476. The summed E-state index contributed by atoms with van der Waals surface area (Å²) >= 11 is 0. The highest BCUT2D eigenvalue weighted by atomic mass is 16.5. The van der Waals surface area contributed by atoms with Crippen molar-refractivity contribution in [1.29, 1.82) is 0 Å². The van der Waals surface area contributed by atoms with Crippen LogP contribution in [0.15, 0.2) is 146 Å². The quantitative estimate of drug-likeness (QED) is 0.239. The van der Waals surface area contributed by atoms with Gasteiger partial charge < -0.3 is 14.2 Å². The third kappa shape index (κ3) is 3.44. The Labute approximate surface area is 226 Å². The molecule has 8 rings (SSSR count). The molecule has 0 saturated carbocycles. The van der Waals surface area contributed by atoms with Gasteiger partial charge in [0.2, 0.25) is 0 Å². The predicted octanol–water partition coefficient (Wildman–Crippen LogP) is 10.0. The fraction of sp³-hybridized carbons (Fsp3) is 0. The van der Waals surface area contributed by atoms with E-state index in [2.05, 4.69) is 143 Å². The minimum Gasteiger partial charge on any atom is -0.453 e. The lowest BCUT2D eigenvalue weighted by Crippen LogP contribution is -2.11. The van der Waals surface area contributed by atoms with Gasteiger partial charge in [-0.3, -0.25) is 0 Å². The Kier molecular flexibility index (Phi) is 4.82. The van der Waals surface area contributed by atoms with E-state index >= 15 is 0 Å². The first kappa shape index (κ1) is 21.8. The number of nitrogens with zero attached hydrogens (tertiary/aromatic N) is 2. The van der Waals surface area contributed by atoms with Crippen molar-refractivity contribution in [1.82, 2.24) is 4.57 Å². The first-order chi connectivity index (χ1) is 19.3. The summed E-state index contributed by atoms with van der Waals surface area (Å²) in [4.78, 5) is 2.31. The predicted molar refractivity (Wildman–Crippen MR) is 161 cm³/mol. The van der Waals surface area contributed by atoms with Crippen LogP contribution in [-0.2, 0) is 0 Å². The molecule has 0 unspecified atom stereocenters. The van der Waals surface area contributed by atoms with E-state index in [1.165, 1.54) is 27.4 Å². The maximum absolute atomic E-state index is 6.57. The zero-order valence-corrected chi connectivity index (χ0v) is 21.2. The van der Waals surface area contributed by atoms with Gasteiger partial charge in [-0.05, 0) is 59.7 Å². The molecule has 2 heterocycles. The summed E-state index contributed by atoms with van der Waals surface area (Å²) in [6, 6.07) is 51.2. The van der Waals surface area contributed by atoms with Crippen LogP contribution in [0.5, 0.6) is 11.5 Å². The number of rotatable bonds is 4. The van der Waals surface area contributed by atoms with E-state index in [0.29, 0.717) is 0 Å². The second kappa shape index (κ2) is 8.64. The van der Waals surface area contributed by atoms with E-state index < -0.39 is 0 Å². The number of anilines is 3. The summed E-state index contributed by atoms with van der Waals surface area (Å²) in [6.07, 6.45) is 0. The van der Waals surface area contributed by atoms with Crippen molar-refractivity contribution in [2.24, 2.45) is 0 Å². The molecule has 1 aliphatic rings. The lowest BCUT2D eigenvalue weighted by atomic mass is 10.0. The minimum absolute atomic E-state index is 0.860. The monoisotopic (exact) mass is 500 g/mol. The van der Waals surface area contributed by atoms with E-state index in [0.717, 1.165) is 39.8 Å². The van der Waals surface area contributed by atoms with Crippen LogP contribution in [0, 0.1) is 0 Å². The van der Waals surface area contributed by atoms with E-state index in [9.17, 15) is 0 Å². The Balaban J connectivity index is 1.36. The van der Waals surface area contributed by atoms with Crippen molar-refractivity contribution in [2.45, 2.75) is 0 Å². The van der Waals surface area contributed by atoms with Crippen LogP contribution in [0.25, 0.3) is 38.6 Å². The Morgan fingerprint density at radius 1 is 0.462 bits per heavy atom. The molecule has 0 radical (unpaired) electrons. The summed E-state index contributed by atoms with van der Waals surface area (Å²) in [7, 11) is 0. The largest absolute Gasteiger partial charge is 0.453 e. The second-order valence-electron chi connectivity index (χ2n) is 9.85. The van der Waals surface area contributed by atoms with Crippen LogP contribution < -0.4 is 9.64 Å². The first-order valence-corrected chi connectivity index (χ1v) is 13.2. The zero-order chi connectivity index (χ0) is 25.8. The Bertz CT molecular complexity index is 1970. The molecule has 0 saturated heterocycles. The zero-order valence-electron chi connectivity index (χ0n) is 21.2. The minimum atomic E-state index is 0.860. The number of aromatic nitrogens is 1. The molecule has 0 fully saturated rings. The highest BCUT2D eigenvalue weighted by Crippen LogP contribution is 2.48. The van der Waals surface area contributed by atoms with Crippen molar-refractivity contribution in [3.8, 4) is 28.3 Å². The molecule has 6 aromatic carbocycles. The molecule has 0 atom stereocenters. The van der Waals surface area contributed by atoms with Crippen molar-refractivity contribution >= 4 is 38.9 Å². The number of ether oxygens (including phenoxy) is 1. The molecule has 0 bridgehead atoms. The summed E-state index contributed by atoms with van der Waals surface area (Å²) in [5, 5.41) is 2.39. The molecular formula is C36H24N2O. The molecule has 39 heavy (non-hydrogen) atoms.